The van der Waals surface area contributed by atoms with Crippen molar-refractivity contribution >= 4 is 11.6 Å². The van der Waals surface area contributed by atoms with Gasteiger partial charge in [-0.15, -0.1) is 0 Å². The molecule has 0 spiro atoms. The molecule has 1 heterocycles. The average Bonchev–Trinajstić information content (AvgIpc) is 2.86. The van der Waals surface area contributed by atoms with Crippen LogP contribution < -0.4 is 5.73 Å². The van der Waals surface area contributed by atoms with Crippen molar-refractivity contribution in [1.82, 2.24) is 9.97 Å². The van der Waals surface area contributed by atoms with Crippen molar-refractivity contribution in [2.75, 3.05) is 13.7 Å². The monoisotopic (exact) mass is 265 g/mol. The summed E-state index contributed by atoms with van der Waals surface area (Å²) in [7, 11) is 1.66. The van der Waals surface area contributed by atoms with E-state index in [2.05, 4.69) is 9.97 Å². The maximum atomic E-state index is 6.13. The highest BCUT2D eigenvalue weighted by Crippen LogP contribution is 2.26. The Morgan fingerprint density at radius 2 is 2.22 bits per heavy atom. The molecule has 2 aromatic rings. The van der Waals surface area contributed by atoms with E-state index in [1.54, 1.807) is 13.3 Å². The summed E-state index contributed by atoms with van der Waals surface area (Å²) < 4.78 is 5.00. The molecule has 5 heteroatoms. The molecule has 0 saturated carbocycles. The quantitative estimate of drug-likeness (QED) is 0.874. The van der Waals surface area contributed by atoms with Gasteiger partial charge >= 0.3 is 0 Å². The van der Waals surface area contributed by atoms with Crippen molar-refractivity contribution < 1.29 is 4.74 Å². The SMILES string of the molecule is COCCC(N)c1ncc(-c2ccccc2Cl)[nH]1. The van der Waals surface area contributed by atoms with Crippen molar-refractivity contribution in [1.29, 1.82) is 0 Å². The molecule has 3 N–H and O–H groups in total. The van der Waals surface area contributed by atoms with Crippen LogP contribution in [-0.2, 0) is 4.74 Å². The lowest BCUT2D eigenvalue weighted by Gasteiger charge is -2.07. The zero-order valence-corrected chi connectivity index (χ0v) is 10.9. The van der Waals surface area contributed by atoms with Crippen molar-refractivity contribution in [2.45, 2.75) is 12.5 Å². The van der Waals surface area contributed by atoms with E-state index in [1.807, 2.05) is 24.3 Å². The second-order valence-corrected chi connectivity index (χ2v) is 4.46. The van der Waals surface area contributed by atoms with Gasteiger partial charge in [0.2, 0.25) is 0 Å². The molecule has 1 aromatic carbocycles. The first-order valence-corrected chi connectivity index (χ1v) is 6.14. The van der Waals surface area contributed by atoms with Gasteiger partial charge < -0.3 is 15.5 Å². The molecule has 1 aromatic heterocycles. The van der Waals surface area contributed by atoms with Crippen LogP contribution >= 0.6 is 11.6 Å². The van der Waals surface area contributed by atoms with E-state index in [9.17, 15) is 0 Å². The minimum Gasteiger partial charge on any atom is -0.385 e. The number of aromatic amines is 1. The highest BCUT2D eigenvalue weighted by atomic mass is 35.5. The number of methoxy groups -OCH3 is 1. The number of imidazole rings is 1. The first kappa shape index (κ1) is 13.1. The van der Waals surface area contributed by atoms with Crippen LogP contribution in [0.4, 0.5) is 0 Å². The summed E-state index contributed by atoms with van der Waals surface area (Å²) in [4.78, 5) is 7.49. The maximum Gasteiger partial charge on any atom is 0.123 e. The highest BCUT2D eigenvalue weighted by molar-refractivity contribution is 6.33. The largest absolute Gasteiger partial charge is 0.385 e. The molecule has 2 rings (SSSR count). The third-order valence-electron chi connectivity index (χ3n) is 2.74. The third kappa shape index (κ3) is 2.90. The lowest BCUT2D eigenvalue weighted by Crippen LogP contribution is -2.14. The summed E-state index contributed by atoms with van der Waals surface area (Å²) in [5.41, 5.74) is 7.81. The lowest BCUT2D eigenvalue weighted by molar-refractivity contribution is 0.187. The van der Waals surface area contributed by atoms with E-state index in [-0.39, 0.29) is 6.04 Å². The van der Waals surface area contributed by atoms with E-state index >= 15 is 0 Å². The molecular weight excluding hydrogens is 250 g/mol. The summed E-state index contributed by atoms with van der Waals surface area (Å²) in [6.45, 7) is 0.614. The van der Waals surface area contributed by atoms with Gasteiger partial charge in [0, 0.05) is 24.3 Å². The Morgan fingerprint density at radius 3 is 2.94 bits per heavy atom. The Bertz CT molecular complexity index is 512. The van der Waals surface area contributed by atoms with Crippen molar-refractivity contribution in [3.63, 3.8) is 0 Å². The average molecular weight is 266 g/mol. The summed E-state index contributed by atoms with van der Waals surface area (Å²) in [5, 5.41) is 0.693. The van der Waals surface area contributed by atoms with Crippen LogP contribution in [0.5, 0.6) is 0 Å². The van der Waals surface area contributed by atoms with Crippen LogP contribution in [0.3, 0.4) is 0 Å². The van der Waals surface area contributed by atoms with Gasteiger partial charge in [0.1, 0.15) is 5.82 Å². The molecular formula is C13H16ClN3O. The molecule has 4 nitrogen and oxygen atoms in total. The summed E-state index contributed by atoms with van der Waals surface area (Å²) in [6, 6.07) is 7.48. The summed E-state index contributed by atoms with van der Waals surface area (Å²) in [6.07, 6.45) is 2.48. The van der Waals surface area contributed by atoms with E-state index in [0.29, 0.717) is 11.6 Å². The zero-order valence-electron chi connectivity index (χ0n) is 10.2. The van der Waals surface area contributed by atoms with Crippen LogP contribution in [0, 0.1) is 0 Å². The minimum absolute atomic E-state index is 0.152. The lowest BCUT2D eigenvalue weighted by atomic mass is 10.2. The number of aromatic nitrogens is 2. The number of benzene rings is 1. The van der Waals surface area contributed by atoms with E-state index < -0.39 is 0 Å². The van der Waals surface area contributed by atoms with E-state index in [1.165, 1.54) is 0 Å². The number of hydrogen-bond acceptors (Lipinski definition) is 3. The number of nitrogens with one attached hydrogen (secondary N) is 1. The van der Waals surface area contributed by atoms with Crippen LogP contribution in [0.1, 0.15) is 18.3 Å². The van der Waals surface area contributed by atoms with Gasteiger partial charge in [-0.05, 0) is 12.5 Å². The molecule has 18 heavy (non-hydrogen) atoms. The van der Waals surface area contributed by atoms with Gasteiger partial charge in [0.15, 0.2) is 0 Å². The molecule has 1 unspecified atom stereocenters. The summed E-state index contributed by atoms with van der Waals surface area (Å²) >= 11 is 6.13. The third-order valence-corrected chi connectivity index (χ3v) is 3.07. The number of H-pyrrole nitrogens is 1. The number of rotatable bonds is 5. The molecule has 96 valence electrons. The fraction of sp³-hybridized carbons (Fsp3) is 0.308. The Morgan fingerprint density at radius 1 is 1.44 bits per heavy atom. The van der Waals surface area contributed by atoms with E-state index in [0.717, 1.165) is 23.5 Å². The minimum atomic E-state index is -0.152. The zero-order chi connectivity index (χ0) is 13.0. The van der Waals surface area contributed by atoms with E-state index in [4.69, 9.17) is 22.1 Å². The maximum absolute atomic E-state index is 6.13. The molecule has 0 aliphatic carbocycles. The Hall–Kier alpha value is -1.36. The molecule has 0 fully saturated rings. The smallest absolute Gasteiger partial charge is 0.123 e. The highest BCUT2D eigenvalue weighted by Gasteiger charge is 2.12. The van der Waals surface area contributed by atoms with Gasteiger partial charge in [-0.3, -0.25) is 0 Å². The fourth-order valence-corrected chi connectivity index (χ4v) is 1.96. The van der Waals surface area contributed by atoms with Crippen molar-refractivity contribution in [2.24, 2.45) is 5.73 Å². The van der Waals surface area contributed by atoms with Crippen LogP contribution in [0.25, 0.3) is 11.3 Å². The number of ether oxygens (including phenoxy) is 1. The molecule has 0 amide bonds. The first-order chi connectivity index (χ1) is 8.72. The van der Waals surface area contributed by atoms with Crippen LogP contribution in [0.15, 0.2) is 30.5 Å². The molecule has 0 aliphatic rings. The standard InChI is InChI=1S/C13H16ClN3O/c1-18-7-6-11(15)13-16-8-12(17-13)9-4-2-3-5-10(9)14/h2-5,8,11H,6-7,15H2,1H3,(H,16,17). The predicted molar refractivity (Wildman–Crippen MR) is 72.5 cm³/mol. The number of nitrogens with two attached hydrogens (primary N) is 1. The second kappa shape index (κ2) is 6.00. The van der Waals surface area contributed by atoms with Crippen molar-refractivity contribution in [3.8, 4) is 11.3 Å². The van der Waals surface area contributed by atoms with Gasteiger partial charge in [0.05, 0.1) is 17.9 Å². The van der Waals surface area contributed by atoms with Gasteiger partial charge in [0.25, 0.3) is 0 Å². The first-order valence-electron chi connectivity index (χ1n) is 5.76. The van der Waals surface area contributed by atoms with Gasteiger partial charge in [-0.2, -0.15) is 0 Å². The second-order valence-electron chi connectivity index (χ2n) is 4.05. The molecule has 1 atom stereocenters. The fourth-order valence-electron chi connectivity index (χ4n) is 1.72. The molecule has 0 saturated heterocycles. The van der Waals surface area contributed by atoms with Gasteiger partial charge in [-0.25, -0.2) is 4.98 Å². The summed E-state index contributed by atoms with van der Waals surface area (Å²) in [5.74, 6) is 0.752. The van der Waals surface area contributed by atoms with Crippen LogP contribution in [-0.4, -0.2) is 23.7 Å². The Balaban J connectivity index is 2.18. The molecule has 0 aliphatic heterocycles. The Kier molecular flexibility index (Phi) is 4.36. The van der Waals surface area contributed by atoms with Crippen LogP contribution in [0.2, 0.25) is 5.02 Å². The predicted octanol–water partition coefficient (Wildman–Crippen LogP) is 2.77. The topological polar surface area (TPSA) is 63.9 Å². The van der Waals surface area contributed by atoms with Gasteiger partial charge in [-0.1, -0.05) is 29.8 Å². The number of halogens is 1. The van der Waals surface area contributed by atoms with Crippen molar-refractivity contribution in [3.05, 3.63) is 41.3 Å². The Labute approximate surface area is 111 Å². The number of hydrogen-bond donors (Lipinski definition) is 2. The normalized spacial score (nSPS) is 12.6. The molecule has 0 radical (unpaired) electrons. The number of nitrogens with zero attached hydrogens (tertiary/aromatic N) is 1. The molecule has 0 bridgehead atoms.